The van der Waals surface area contributed by atoms with E-state index in [4.69, 9.17) is 14.2 Å². The number of rotatable bonds is 7. The van der Waals surface area contributed by atoms with E-state index in [1.54, 1.807) is 43.3 Å². The molecule has 0 aliphatic carbocycles. The van der Waals surface area contributed by atoms with Gasteiger partial charge in [0, 0.05) is 6.08 Å². The summed E-state index contributed by atoms with van der Waals surface area (Å²) in [4.78, 5) is 11.8. The van der Waals surface area contributed by atoms with Gasteiger partial charge in [-0.15, -0.1) is 0 Å². The van der Waals surface area contributed by atoms with Gasteiger partial charge in [-0.05, 0) is 61.0 Å². The zero-order valence-corrected chi connectivity index (χ0v) is 15.6. The van der Waals surface area contributed by atoms with Crippen LogP contribution in [0, 0.1) is 0 Å². The fraction of sp³-hybridized carbons (Fsp3) is 0.211. The zero-order chi connectivity index (χ0) is 19.2. The number of sulfone groups is 1. The van der Waals surface area contributed by atoms with E-state index in [-0.39, 0.29) is 16.4 Å². The molecule has 0 aliphatic heterocycles. The van der Waals surface area contributed by atoms with E-state index in [1.807, 2.05) is 0 Å². The van der Waals surface area contributed by atoms with Crippen LogP contribution in [-0.2, 0) is 19.4 Å². The fourth-order valence-corrected chi connectivity index (χ4v) is 3.69. The van der Waals surface area contributed by atoms with Crippen LogP contribution in [-0.4, -0.2) is 35.2 Å². The van der Waals surface area contributed by atoms with Crippen molar-refractivity contribution in [2.24, 2.45) is 0 Å². The zero-order valence-electron chi connectivity index (χ0n) is 14.8. The summed E-state index contributed by atoms with van der Waals surface area (Å²) >= 11 is 0. The van der Waals surface area contributed by atoms with Crippen molar-refractivity contribution >= 4 is 20.7 Å². The van der Waals surface area contributed by atoms with Crippen LogP contribution in [0.25, 0.3) is 4.91 Å². The Kier molecular flexibility index (Phi) is 6.41. The Labute approximate surface area is 152 Å². The molecule has 26 heavy (non-hydrogen) atoms. The fourth-order valence-electron chi connectivity index (χ4n) is 2.24. The van der Waals surface area contributed by atoms with E-state index in [1.165, 1.54) is 26.4 Å². The second-order valence-electron chi connectivity index (χ2n) is 5.17. The predicted octanol–water partition coefficient (Wildman–Crippen LogP) is 3.08. The Balaban J connectivity index is 2.55. The highest BCUT2D eigenvalue weighted by Gasteiger charge is 2.24. The predicted molar refractivity (Wildman–Crippen MR) is 97.8 cm³/mol. The molecule has 0 saturated carbocycles. The summed E-state index contributed by atoms with van der Waals surface area (Å²) in [6, 6.07) is 12.3. The lowest BCUT2D eigenvalue weighted by Gasteiger charge is -2.11. The van der Waals surface area contributed by atoms with Crippen molar-refractivity contribution in [1.82, 2.24) is 0 Å². The standard InChI is InChI=1S/C19H20O6S/c1-4-25-19(20)13-18(14-5-7-15(23-2)8-6-14)26(21,22)17-11-9-16(24-3)10-12-17/h5-13H,4H2,1-3H3/b18-13+. The first-order chi connectivity index (χ1) is 12.4. The van der Waals surface area contributed by atoms with Crippen molar-refractivity contribution in [2.45, 2.75) is 11.8 Å². The Bertz CT molecular complexity index is 881. The molecule has 6 nitrogen and oxygen atoms in total. The van der Waals surface area contributed by atoms with Gasteiger partial charge in [0.1, 0.15) is 11.5 Å². The molecule has 0 radical (unpaired) electrons. The van der Waals surface area contributed by atoms with Crippen molar-refractivity contribution < 1.29 is 27.4 Å². The van der Waals surface area contributed by atoms with Gasteiger partial charge in [0.25, 0.3) is 0 Å². The lowest BCUT2D eigenvalue weighted by Crippen LogP contribution is -2.08. The Morgan fingerprint density at radius 1 is 0.923 bits per heavy atom. The molecule has 0 spiro atoms. The van der Waals surface area contributed by atoms with Crippen LogP contribution >= 0.6 is 0 Å². The normalized spacial score (nSPS) is 11.7. The number of carbonyl (C=O) groups excluding carboxylic acids is 1. The van der Waals surface area contributed by atoms with Crippen LogP contribution in [0.5, 0.6) is 11.5 Å². The van der Waals surface area contributed by atoms with Gasteiger partial charge in [-0.25, -0.2) is 13.2 Å². The second-order valence-corrected chi connectivity index (χ2v) is 7.09. The summed E-state index contributed by atoms with van der Waals surface area (Å²) in [5.74, 6) is 0.380. The lowest BCUT2D eigenvalue weighted by atomic mass is 10.2. The summed E-state index contributed by atoms with van der Waals surface area (Å²) in [6.07, 6.45) is 0.991. The molecule has 2 aromatic rings. The maximum Gasteiger partial charge on any atom is 0.332 e. The number of carbonyl (C=O) groups is 1. The molecule has 0 bridgehead atoms. The summed E-state index contributed by atoms with van der Waals surface area (Å²) in [6.45, 7) is 1.80. The van der Waals surface area contributed by atoms with Crippen LogP contribution in [0.15, 0.2) is 59.5 Å². The minimum atomic E-state index is -3.95. The molecule has 0 fully saturated rings. The highest BCUT2D eigenvalue weighted by Crippen LogP contribution is 2.30. The first-order valence-electron chi connectivity index (χ1n) is 7.84. The van der Waals surface area contributed by atoms with E-state index >= 15 is 0 Å². The third-order valence-corrected chi connectivity index (χ3v) is 5.39. The molecule has 2 aromatic carbocycles. The van der Waals surface area contributed by atoms with Gasteiger partial charge in [-0.2, -0.15) is 0 Å². The van der Waals surface area contributed by atoms with Gasteiger partial charge in [-0.3, -0.25) is 0 Å². The number of esters is 1. The molecule has 2 rings (SSSR count). The van der Waals surface area contributed by atoms with Crippen LogP contribution in [0.4, 0.5) is 0 Å². The molecule has 0 amide bonds. The van der Waals surface area contributed by atoms with Gasteiger partial charge in [0.15, 0.2) is 0 Å². The van der Waals surface area contributed by atoms with E-state index in [9.17, 15) is 13.2 Å². The monoisotopic (exact) mass is 376 g/mol. The van der Waals surface area contributed by atoms with Crippen molar-refractivity contribution in [3.8, 4) is 11.5 Å². The highest BCUT2D eigenvalue weighted by atomic mass is 32.2. The van der Waals surface area contributed by atoms with Crippen molar-refractivity contribution in [2.75, 3.05) is 20.8 Å². The minimum absolute atomic E-state index is 0.0460. The van der Waals surface area contributed by atoms with Crippen LogP contribution in [0.3, 0.4) is 0 Å². The molecule has 0 saturated heterocycles. The number of benzene rings is 2. The average molecular weight is 376 g/mol. The van der Waals surface area contributed by atoms with Crippen molar-refractivity contribution in [3.63, 3.8) is 0 Å². The largest absolute Gasteiger partial charge is 0.497 e. The van der Waals surface area contributed by atoms with Gasteiger partial charge in [0.05, 0.1) is 30.6 Å². The molecule has 0 aromatic heterocycles. The summed E-state index contributed by atoms with van der Waals surface area (Å²) in [5.41, 5.74) is 0.356. The number of hydrogen-bond acceptors (Lipinski definition) is 6. The van der Waals surface area contributed by atoms with Crippen molar-refractivity contribution in [3.05, 3.63) is 60.2 Å². The molecular formula is C19H20O6S. The highest BCUT2D eigenvalue weighted by molar-refractivity contribution is 8.00. The summed E-state index contributed by atoms with van der Waals surface area (Å²) < 4.78 is 41.2. The van der Waals surface area contributed by atoms with Gasteiger partial charge in [0.2, 0.25) is 9.84 Å². The molecule has 7 heteroatoms. The average Bonchev–Trinajstić information content (AvgIpc) is 2.66. The third-order valence-electron chi connectivity index (χ3n) is 3.57. The van der Waals surface area contributed by atoms with Crippen molar-refractivity contribution in [1.29, 1.82) is 0 Å². The summed E-state index contributed by atoms with van der Waals surface area (Å²) in [7, 11) is -0.943. The molecular weight excluding hydrogens is 356 g/mol. The Morgan fingerprint density at radius 2 is 1.42 bits per heavy atom. The third kappa shape index (κ3) is 4.43. The molecule has 0 N–H and O–H groups in total. The lowest BCUT2D eigenvalue weighted by molar-refractivity contribution is -0.137. The first kappa shape index (κ1) is 19.5. The topological polar surface area (TPSA) is 78.9 Å². The smallest absolute Gasteiger partial charge is 0.332 e. The SMILES string of the molecule is CCOC(=O)/C=C(\c1ccc(OC)cc1)S(=O)(=O)c1ccc(OC)cc1. The van der Waals surface area contributed by atoms with Crippen LogP contribution in [0.2, 0.25) is 0 Å². The Hall–Kier alpha value is -2.80. The molecule has 0 unspecified atom stereocenters. The Morgan fingerprint density at radius 3 is 1.88 bits per heavy atom. The number of ether oxygens (including phenoxy) is 3. The minimum Gasteiger partial charge on any atom is -0.497 e. The van der Waals surface area contributed by atoms with Gasteiger partial charge >= 0.3 is 5.97 Å². The second kappa shape index (κ2) is 8.53. The quantitative estimate of drug-likeness (QED) is 0.546. The van der Waals surface area contributed by atoms with Gasteiger partial charge in [-0.1, -0.05) is 0 Å². The van der Waals surface area contributed by atoms with Crippen LogP contribution < -0.4 is 9.47 Å². The molecule has 0 atom stereocenters. The number of methoxy groups -OCH3 is 2. The van der Waals surface area contributed by atoms with Crippen LogP contribution in [0.1, 0.15) is 12.5 Å². The molecule has 138 valence electrons. The number of hydrogen-bond donors (Lipinski definition) is 0. The van der Waals surface area contributed by atoms with E-state index in [2.05, 4.69) is 0 Å². The van der Waals surface area contributed by atoms with E-state index in [0.29, 0.717) is 17.1 Å². The maximum absolute atomic E-state index is 13.1. The van der Waals surface area contributed by atoms with E-state index in [0.717, 1.165) is 6.08 Å². The summed E-state index contributed by atoms with van der Waals surface area (Å²) in [5, 5.41) is 0. The maximum atomic E-state index is 13.1. The van der Waals surface area contributed by atoms with Gasteiger partial charge < -0.3 is 14.2 Å². The molecule has 0 aliphatic rings. The van der Waals surface area contributed by atoms with E-state index < -0.39 is 15.8 Å². The molecule has 0 heterocycles. The first-order valence-corrected chi connectivity index (χ1v) is 9.32.